The van der Waals surface area contributed by atoms with Crippen LogP contribution in [0.1, 0.15) is 46.0 Å². The Hall–Kier alpha value is -3.19. The number of amides is 2. The van der Waals surface area contributed by atoms with Crippen LogP contribution in [0.15, 0.2) is 71.5 Å². The van der Waals surface area contributed by atoms with Gasteiger partial charge in [-0.3, -0.25) is 14.6 Å². The minimum atomic E-state index is -0.224. The topological polar surface area (TPSA) is 74.3 Å². The summed E-state index contributed by atoms with van der Waals surface area (Å²) in [7, 11) is 0. The Morgan fingerprint density at radius 1 is 1.06 bits per heavy atom. The Morgan fingerprint density at radius 2 is 1.88 bits per heavy atom. The molecule has 2 amide bonds. The number of benzene rings is 2. The van der Waals surface area contributed by atoms with Gasteiger partial charge in [-0.15, -0.1) is 0 Å². The van der Waals surface area contributed by atoms with Gasteiger partial charge in [0.1, 0.15) is 0 Å². The Bertz CT molecular complexity index is 1130. The molecule has 0 bridgehead atoms. The maximum absolute atomic E-state index is 13.2. The first-order valence-corrected chi connectivity index (χ1v) is 11.9. The third-order valence-electron chi connectivity index (χ3n) is 5.89. The summed E-state index contributed by atoms with van der Waals surface area (Å²) in [4.78, 5) is 32.3. The molecule has 0 saturated carbocycles. The first kappa shape index (κ1) is 23.0. The van der Waals surface area contributed by atoms with Gasteiger partial charge >= 0.3 is 0 Å². The lowest BCUT2D eigenvalue weighted by Gasteiger charge is -2.33. The summed E-state index contributed by atoms with van der Waals surface area (Å²) in [6.45, 7) is 4.47. The number of nitrogens with one attached hydrogen (secondary N) is 2. The van der Waals surface area contributed by atoms with E-state index >= 15 is 0 Å². The predicted molar refractivity (Wildman–Crippen MR) is 135 cm³/mol. The maximum Gasteiger partial charge on any atom is 0.255 e. The zero-order valence-corrected chi connectivity index (χ0v) is 20.1. The van der Waals surface area contributed by atoms with Gasteiger partial charge in [0.15, 0.2) is 0 Å². The number of rotatable bonds is 6. The summed E-state index contributed by atoms with van der Waals surface area (Å²) in [5.74, 6) is 0.288. The summed E-state index contributed by atoms with van der Waals surface area (Å²) in [6.07, 6.45) is 5.64. The molecule has 0 radical (unpaired) electrons. The van der Waals surface area contributed by atoms with Crippen LogP contribution in [0, 0.1) is 5.92 Å². The molecule has 7 heteroatoms. The number of hydrogen-bond acceptors (Lipinski definition) is 4. The molecule has 4 rings (SSSR count). The number of nitrogens with zero attached hydrogens (tertiary/aromatic N) is 2. The first-order chi connectivity index (χ1) is 16.0. The summed E-state index contributed by atoms with van der Waals surface area (Å²) < 4.78 is 0.834. The lowest BCUT2D eigenvalue weighted by Crippen LogP contribution is -2.35. The predicted octanol–water partition coefficient (Wildman–Crippen LogP) is 5.26. The second-order valence-corrected chi connectivity index (χ2v) is 9.33. The van der Waals surface area contributed by atoms with Gasteiger partial charge in [-0.05, 0) is 66.8 Å². The van der Waals surface area contributed by atoms with E-state index in [4.69, 9.17) is 0 Å². The molecule has 1 aliphatic rings. The normalized spacial score (nSPS) is 14.1. The van der Waals surface area contributed by atoms with Crippen LogP contribution in [0.5, 0.6) is 0 Å². The number of carbonyl (C=O) groups is 2. The molecule has 2 N–H and O–H groups in total. The van der Waals surface area contributed by atoms with Gasteiger partial charge in [-0.2, -0.15) is 0 Å². The van der Waals surface area contributed by atoms with E-state index < -0.39 is 0 Å². The highest BCUT2D eigenvalue weighted by Gasteiger charge is 2.22. The lowest BCUT2D eigenvalue weighted by molar-refractivity contribution is 0.0950. The van der Waals surface area contributed by atoms with E-state index in [9.17, 15) is 9.59 Å². The molecular formula is C26H27BrN4O2. The Morgan fingerprint density at radius 3 is 2.61 bits per heavy atom. The number of carbonyl (C=O) groups excluding carboxylic acids is 2. The van der Waals surface area contributed by atoms with Crippen LogP contribution >= 0.6 is 15.9 Å². The fourth-order valence-corrected chi connectivity index (χ4v) is 4.33. The second kappa shape index (κ2) is 10.6. The molecule has 1 fully saturated rings. The molecule has 0 aliphatic carbocycles. The van der Waals surface area contributed by atoms with Crippen molar-refractivity contribution in [3.05, 3.63) is 88.2 Å². The van der Waals surface area contributed by atoms with Gasteiger partial charge in [-0.1, -0.05) is 35.0 Å². The van der Waals surface area contributed by atoms with Crippen molar-refractivity contribution in [2.75, 3.05) is 23.3 Å². The van der Waals surface area contributed by atoms with Gasteiger partial charge in [0.2, 0.25) is 0 Å². The minimum absolute atomic E-state index is 0.175. The molecule has 2 heterocycles. The van der Waals surface area contributed by atoms with Crippen molar-refractivity contribution in [3.8, 4) is 0 Å². The van der Waals surface area contributed by atoms with Gasteiger partial charge in [0, 0.05) is 53.4 Å². The lowest BCUT2D eigenvalue weighted by atomic mass is 9.97. The molecule has 0 atom stereocenters. The van der Waals surface area contributed by atoms with Gasteiger partial charge in [-0.25, -0.2) is 0 Å². The maximum atomic E-state index is 13.2. The molecule has 0 spiro atoms. The second-order valence-electron chi connectivity index (χ2n) is 8.41. The molecule has 170 valence electrons. The molecular weight excluding hydrogens is 480 g/mol. The molecule has 2 aromatic carbocycles. The Labute approximate surface area is 202 Å². The highest BCUT2D eigenvalue weighted by molar-refractivity contribution is 9.10. The van der Waals surface area contributed by atoms with E-state index in [0.717, 1.165) is 41.7 Å². The quantitative estimate of drug-likeness (QED) is 0.477. The number of hydrogen-bond donors (Lipinski definition) is 2. The van der Waals surface area contributed by atoms with E-state index in [1.54, 1.807) is 30.6 Å². The van der Waals surface area contributed by atoms with Crippen LogP contribution < -0.4 is 15.5 Å². The Kier molecular flexibility index (Phi) is 7.40. The standard InChI is InChI=1S/C26H27BrN4O2/c1-18-9-12-31(13-10-18)24-8-7-22(30-25(32)20-5-2-6-21(27)14-20)15-23(24)26(33)29-17-19-4-3-11-28-16-19/h2-8,11,14-16,18H,9-10,12-13,17H2,1H3,(H,29,33)(H,30,32). The summed E-state index contributed by atoms with van der Waals surface area (Å²) >= 11 is 3.40. The molecule has 1 aliphatic heterocycles. The minimum Gasteiger partial charge on any atom is -0.371 e. The van der Waals surface area contributed by atoms with Crippen LogP contribution in [0.25, 0.3) is 0 Å². The van der Waals surface area contributed by atoms with Gasteiger partial charge in [0.25, 0.3) is 11.8 Å². The fourth-order valence-electron chi connectivity index (χ4n) is 3.93. The molecule has 33 heavy (non-hydrogen) atoms. The van der Waals surface area contributed by atoms with Crippen LogP contribution in [-0.4, -0.2) is 29.9 Å². The van der Waals surface area contributed by atoms with Crippen molar-refractivity contribution < 1.29 is 9.59 Å². The Balaban J connectivity index is 1.57. The van der Waals surface area contributed by atoms with Crippen molar-refractivity contribution in [1.29, 1.82) is 0 Å². The first-order valence-electron chi connectivity index (χ1n) is 11.1. The number of anilines is 2. The van der Waals surface area contributed by atoms with Crippen molar-refractivity contribution in [2.45, 2.75) is 26.3 Å². The largest absolute Gasteiger partial charge is 0.371 e. The molecule has 1 aromatic heterocycles. The number of aromatic nitrogens is 1. The molecule has 3 aromatic rings. The monoisotopic (exact) mass is 506 g/mol. The highest BCUT2D eigenvalue weighted by Crippen LogP contribution is 2.29. The van der Waals surface area contributed by atoms with Gasteiger partial charge < -0.3 is 15.5 Å². The van der Waals surface area contributed by atoms with Crippen LogP contribution in [0.3, 0.4) is 0 Å². The molecule has 0 unspecified atom stereocenters. The van der Waals surface area contributed by atoms with E-state index in [0.29, 0.717) is 29.3 Å². The van der Waals surface area contributed by atoms with E-state index in [2.05, 4.69) is 43.4 Å². The van der Waals surface area contributed by atoms with Crippen LogP contribution in [-0.2, 0) is 6.54 Å². The smallest absolute Gasteiger partial charge is 0.255 e. The van der Waals surface area contributed by atoms with E-state index in [1.165, 1.54) is 0 Å². The van der Waals surface area contributed by atoms with Crippen LogP contribution in [0.2, 0.25) is 0 Å². The summed E-state index contributed by atoms with van der Waals surface area (Å²) in [6, 6.07) is 16.5. The van der Waals surface area contributed by atoms with E-state index in [-0.39, 0.29) is 11.8 Å². The van der Waals surface area contributed by atoms with Crippen molar-refractivity contribution in [1.82, 2.24) is 10.3 Å². The third-order valence-corrected chi connectivity index (χ3v) is 6.38. The summed E-state index contributed by atoms with van der Waals surface area (Å²) in [5.41, 5.74) is 3.51. The van der Waals surface area contributed by atoms with E-state index in [1.807, 2.05) is 36.4 Å². The highest BCUT2D eigenvalue weighted by atomic mass is 79.9. The number of piperidine rings is 1. The van der Waals surface area contributed by atoms with Gasteiger partial charge in [0.05, 0.1) is 5.56 Å². The zero-order chi connectivity index (χ0) is 23.2. The molecule has 6 nitrogen and oxygen atoms in total. The van der Waals surface area contributed by atoms with Crippen LogP contribution in [0.4, 0.5) is 11.4 Å². The number of pyridine rings is 1. The fraction of sp³-hybridized carbons (Fsp3) is 0.269. The average Bonchev–Trinajstić information content (AvgIpc) is 2.84. The SMILES string of the molecule is CC1CCN(c2ccc(NC(=O)c3cccc(Br)c3)cc2C(=O)NCc2cccnc2)CC1. The zero-order valence-electron chi connectivity index (χ0n) is 18.6. The van der Waals surface area contributed by atoms with Crippen molar-refractivity contribution >= 4 is 39.1 Å². The molecule has 1 saturated heterocycles. The van der Waals surface area contributed by atoms with Crippen molar-refractivity contribution in [2.24, 2.45) is 5.92 Å². The average molecular weight is 507 g/mol. The van der Waals surface area contributed by atoms with Crippen molar-refractivity contribution in [3.63, 3.8) is 0 Å². The number of halogens is 1. The third kappa shape index (κ3) is 5.99. The summed E-state index contributed by atoms with van der Waals surface area (Å²) in [5, 5.41) is 5.92.